The predicted octanol–water partition coefficient (Wildman–Crippen LogP) is 8.08. The fourth-order valence-corrected chi connectivity index (χ4v) is 6.40. The molecule has 0 atom stereocenters. The van der Waals surface area contributed by atoms with E-state index >= 15 is 0 Å². The molecule has 5 rings (SSSR count). The van der Waals surface area contributed by atoms with Crippen molar-refractivity contribution in [3.63, 3.8) is 0 Å². The number of carbonyl (C=O) groups excluding carboxylic acids is 1. The van der Waals surface area contributed by atoms with Crippen LogP contribution in [0.5, 0.6) is 5.75 Å². The molecule has 1 amide bonds. The molecule has 0 bridgehead atoms. The lowest BCUT2D eigenvalue weighted by atomic mass is 9.93. The monoisotopic (exact) mass is 581 g/mol. The minimum atomic E-state index is -0.00388. The van der Waals surface area contributed by atoms with E-state index < -0.39 is 0 Å². The van der Waals surface area contributed by atoms with E-state index in [9.17, 15) is 4.79 Å². The van der Waals surface area contributed by atoms with Gasteiger partial charge in [-0.3, -0.25) is 9.48 Å². The second kappa shape index (κ2) is 12.2. The number of aryl methyl sites for hydroxylation is 6. The molecule has 0 aliphatic heterocycles. The SMILES string of the molecule is Cc1cc(C)cc(CNC(=O)C2=C(CCCOc3cc(C)c(Cl)c(C)c3)c3cccc(-c4c(C)nn(C)c4C)c3C2)c1. The maximum Gasteiger partial charge on any atom is 0.248 e. The molecule has 42 heavy (non-hydrogen) atoms. The summed E-state index contributed by atoms with van der Waals surface area (Å²) in [6, 6.07) is 16.8. The summed E-state index contributed by atoms with van der Waals surface area (Å²) >= 11 is 6.34. The molecule has 1 aliphatic carbocycles. The summed E-state index contributed by atoms with van der Waals surface area (Å²) in [5.74, 6) is 0.822. The van der Waals surface area contributed by atoms with E-state index in [1.165, 1.54) is 16.7 Å². The molecule has 5 nitrogen and oxygen atoms in total. The molecule has 0 unspecified atom stereocenters. The number of hydrogen-bond donors (Lipinski definition) is 1. The zero-order chi connectivity index (χ0) is 30.1. The number of fused-ring (bicyclic) bond motifs is 1. The van der Waals surface area contributed by atoms with E-state index in [2.05, 4.69) is 74.5 Å². The molecule has 1 N–H and O–H groups in total. The van der Waals surface area contributed by atoms with Crippen molar-refractivity contribution in [3.05, 3.63) is 109 Å². The molecule has 1 heterocycles. The maximum atomic E-state index is 13.8. The number of nitrogens with one attached hydrogen (secondary N) is 1. The highest BCUT2D eigenvalue weighted by Crippen LogP contribution is 2.42. The maximum absolute atomic E-state index is 13.8. The molecule has 1 aliphatic rings. The zero-order valence-electron chi connectivity index (χ0n) is 25.7. The van der Waals surface area contributed by atoms with Crippen LogP contribution in [-0.2, 0) is 24.8 Å². The molecule has 3 aromatic carbocycles. The first-order valence-electron chi connectivity index (χ1n) is 14.6. The smallest absolute Gasteiger partial charge is 0.248 e. The fourth-order valence-electron chi connectivity index (χ4n) is 6.30. The first kappa shape index (κ1) is 29.7. The Morgan fingerprint density at radius 2 is 1.64 bits per heavy atom. The van der Waals surface area contributed by atoms with Gasteiger partial charge in [-0.1, -0.05) is 59.1 Å². The van der Waals surface area contributed by atoms with E-state index in [0.29, 0.717) is 19.6 Å². The number of ether oxygens (including phenoxy) is 1. The van der Waals surface area contributed by atoms with E-state index in [4.69, 9.17) is 16.3 Å². The standard InChI is InChI=1S/C36H40ClN3O2/c1-21-14-22(2)16-27(15-21)20-38-36(41)33-19-32-29(10-8-11-31(32)34-25(5)39-40(7)26(34)6)30(33)12-9-13-42-28-17-23(3)35(37)24(4)18-28/h8,10-11,14-18H,9,12-13,19-20H2,1-7H3,(H,38,41). The van der Waals surface area contributed by atoms with Gasteiger partial charge in [-0.05, 0) is 105 Å². The predicted molar refractivity (Wildman–Crippen MR) is 172 cm³/mol. The summed E-state index contributed by atoms with van der Waals surface area (Å²) in [5, 5.41) is 8.67. The number of benzene rings is 3. The number of allylic oxidation sites excluding steroid dienone is 1. The van der Waals surface area contributed by atoms with Crippen LogP contribution in [0.3, 0.4) is 0 Å². The molecule has 1 aromatic heterocycles. The molecule has 4 aromatic rings. The molecule has 218 valence electrons. The number of nitrogens with zero attached hydrogens (tertiary/aromatic N) is 2. The van der Waals surface area contributed by atoms with Gasteiger partial charge in [0.25, 0.3) is 0 Å². The summed E-state index contributed by atoms with van der Waals surface area (Å²) < 4.78 is 8.06. The lowest BCUT2D eigenvalue weighted by Crippen LogP contribution is -2.25. The topological polar surface area (TPSA) is 56.1 Å². The van der Waals surface area contributed by atoms with Gasteiger partial charge >= 0.3 is 0 Å². The van der Waals surface area contributed by atoms with Gasteiger partial charge in [0, 0.05) is 41.9 Å². The lowest BCUT2D eigenvalue weighted by molar-refractivity contribution is -0.117. The quantitative estimate of drug-likeness (QED) is 0.203. The van der Waals surface area contributed by atoms with Crippen LogP contribution in [0.15, 0.2) is 54.1 Å². The molecular formula is C36H40ClN3O2. The highest BCUT2D eigenvalue weighted by atomic mass is 35.5. The molecule has 0 spiro atoms. The second-order valence-corrected chi connectivity index (χ2v) is 12.0. The van der Waals surface area contributed by atoms with Gasteiger partial charge in [0.15, 0.2) is 0 Å². The molecular weight excluding hydrogens is 542 g/mol. The van der Waals surface area contributed by atoms with Crippen LogP contribution in [0.2, 0.25) is 5.02 Å². The molecule has 0 fully saturated rings. The largest absolute Gasteiger partial charge is 0.494 e. The number of halogens is 1. The van der Waals surface area contributed by atoms with Crippen molar-refractivity contribution < 1.29 is 9.53 Å². The van der Waals surface area contributed by atoms with Crippen molar-refractivity contribution in [2.45, 2.75) is 67.3 Å². The van der Waals surface area contributed by atoms with Crippen molar-refractivity contribution in [2.24, 2.45) is 7.05 Å². The van der Waals surface area contributed by atoms with Gasteiger partial charge in [0.1, 0.15) is 5.75 Å². The summed E-state index contributed by atoms with van der Waals surface area (Å²) in [6.45, 7) is 13.4. The van der Waals surface area contributed by atoms with E-state index in [1.807, 2.05) is 37.7 Å². The highest BCUT2D eigenvalue weighted by Gasteiger charge is 2.29. The van der Waals surface area contributed by atoms with E-state index in [1.54, 1.807) is 0 Å². The van der Waals surface area contributed by atoms with Crippen molar-refractivity contribution in [1.82, 2.24) is 15.1 Å². The first-order chi connectivity index (χ1) is 20.0. The minimum absolute atomic E-state index is 0.00388. The van der Waals surface area contributed by atoms with Crippen molar-refractivity contribution in [1.29, 1.82) is 0 Å². The third-order valence-corrected chi connectivity index (χ3v) is 8.85. The summed E-state index contributed by atoms with van der Waals surface area (Å²) in [6.07, 6.45) is 2.14. The van der Waals surface area contributed by atoms with Gasteiger partial charge in [-0.2, -0.15) is 5.10 Å². The van der Waals surface area contributed by atoms with Crippen LogP contribution in [0.1, 0.15) is 63.2 Å². The fraction of sp³-hybridized carbons (Fsp3) is 0.333. The van der Waals surface area contributed by atoms with E-state index in [0.717, 1.165) is 79.5 Å². The van der Waals surface area contributed by atoms with Gasteiger partial charge in [0.05, 0.1) is 12.3 Å². The third kappa shape index (κ3) is 6.03. The Hall–Kier alpha value is -3.83. The number of amides is 1. The van der Waals surface area contributed by atoms with Crippen LogP contribution in [0.25, 0.3) is 16.7 Å². The lowest BCUT2D eigenvalue weighted by Gasteiger charge is -2.13. The normalized spacial score (nSPS) is 12.6. The summed E-state index contributed by atoms with van der Waals surface area (Å²) in [4.78, 5) is 13.8. The average molecular weight is 582 g/mol. The van der Waals surface area contributed by atoms with Gasteiger partial charge in [-0.15, -0.1) is 0 Å². The Morgan fingerprint density at radius 1 is 0.976 bits per heavy atom. The Kier molecular flexibility index (Phi) is 8.60. The molecule has 0 radical (unpaired) electrons. The van der Waals surface area contributed by atoms with Crippen LogP contribution < -0.4 is 10.1 Å². The minimum Gasteiger partial charge on any atom is -0.494 e. The zero-order valence-corrected chi connectivity index (χ0v) is 26.5. The van der Waals surface area contributed by atoms with Crippen LogP contribution in [0, 0.1) is 41.5 Å². The summed E-state index contributed by atoms with van der Waals surface area (Å²) in [7, 11) is 1.98. The Balaban J connectivity index is 1.41. The number of rotatable bonds is 9. The summed E-state index contributed by atoms with van der Waals surface area (Å²) in [5.41, 5.74) is 14.3. The van der Waals surface area contributed by atoms with Crippen LogP contribution in [-0.4, -0.2) is 22.3 Å². The van der Waals surface area contributed by atoms with Crippen LogP contribution in [0.4, 0.5) is 0 Å². The van der Waals surface area contributed by atoms with Crippen molar-refractivity contribution in [3.8, 4) is 16.9 Å². The molecule has 0 saturated heterocycles. The average Bonchev–Trinajstić information content (AvgIpc) is 3.43. The highest BCUT2D eigenvalue weighted by molar-refractivity contribution is 6.32. The molecule has 6 heteroatoms. The first-order valence-corrected chi connectivity index (χ1v) is 15.0. The van der Waals surface area contributed by atoms with Crippen molar-refractivity contribution >= 4 is 23.1 Å². The number of carbonyl (C=O) groups is 1. The Bertz CT molecular complexity index is 1670. The number of hydrogen-bond acceptors (Lipinski definition) is 3. The number of aromatic nitrogens is 2. The third-order valence-electron chi connectivity index (χ3n) is 8.26. The Labute approximate surface area is 254 Å². The molecule has 0 saturated carbocycles. The van der Waals surface area contributed by atoms with Gasteiger partial charge < -0.3 is 10.1 Å². The van der Waals surface area contributed by atoms with Gasteiger partial charge in [0.2, 0.25) is 5.91 Å². The van der Waals surface area contributed by atoms with Gasteiger partial charge in [-0.25, -0.2) is 0 Å². The van der Waals surface area contributed by atoms with Crippen molar-refractivity contribution in [2.75, 3.05) is 6.61 Å². The second-order valence-electron chi connectivity index (χ2n) is 11.6. The van der Waals surface area contributed by atoms with E-state index in [-0.39, 0.29) is 5.91 Å². The Morgan fingerprint density at radius 3 is 2.29 bits per heavy atom. The van der Waals surface area contributed by atoms with Crippen LogP contribution >= 0.6 is 11.6 Å².